The van der Waals surface area contributed by atoms with E-state index in [0.717, 1.165) is 4.90 Å². The van der Waals surface area contributed by atoms with Crippen LogP contribution in [0.5, 0.6) is 0 Å². The van der Waals surface area contributed by atoms with Crippen LogP contribution in [0.2, 0.25) is 0 Å². The number of thioether (sulfide) groups is 1. The lowest BCUT2D eigenvalue weighted by Crippen LogP contribution is -1.92. The van der Waals surface area contributed by atoms with E-state index in [2.05, 4.69) is 0 Å². The summed E-state index contributed by atoms with van der Waals surface area (Å²) >= 11 is 1.38. The minimum Gasteiger partial charge on any atom is -0.299 e. The molecule has 14 heavy (non-hydrogen) atoms. The van der Waals surface area contributed by atoms with Crippen molar-refractivity contribution in [3.05, 3.63) is 34.4 Å². The molecule has 0 radical (unpaired) electrons. The van der Waals surface area contributed by atoms with Crippen molar-refractivity contribution in [3.8, 4) is 0 Å². The number of benzene rings is 1. The molecule has 1 rings (SSSR count). The van der Waals surface area contributed by atoms with Crippen LogP contribution in [0.15, 0.2) is 29.2 Å². The lowest BCUT2D eigenvalue weighted by molar-refractivity contribution is -0.384. The Balaban J connectivity index is 2.64. The first-order valence-electron chi connectivity index (χ1n) is 3.96. The van der Waals surface area contributed by atoms with E-state index in [0.29, 0.717) is 5.75 Å². The molecule has 0 aliphatic rings. The van der Waals surface area contributed by atoms with Crippen molar-refractivity contribution in [2.24, 2.45) is 0 Å². The number of non-ortho nitro benzene ring substituents is 1. The van der Waals surface area contributed by atoms with Gasteiger partial charge in [-0.3, -0.25) is 14.9 Å². The van der Waals surface area contributed by atoms with Crippen molar-refractivity contribution >= 4 is 23.2 Å². The van der Waals surface area contributed by atoms with E-state index in [4.69, 9.17) is 0 Å². The van der Waals surface area contributed by atoms with Crippen molar-refractivity contribution < 1.29 is 9.72 Å². The second-order valence-corrected chi connectivity index (χ2v) is 3.79. The molecule has 0 bridgehead atoms. The summed E-state index contributed by atoms with van der Waals surface area (Å²) in [5, 5.41) is 10.3. The number of carbonyl (C=O) groups excluding carboxylic acids is 1. The van der Waals surface area contributed by atoms with Crippen LogP contribution in [0.25, 0.3) is 0 Å². The molecule has 1 aromatic carbocycles. The first-order chi connectivity index (χ1) is 6.59. The second kappa shape index (κ2) is 4.76. The number of nitro groups is 1. The van der Waals surface area contributed by atoms with Crippen molar-refractivity contribution in [1.82, 2.24) is 0 Å². The van der Waals surface area contributed by atoms with Crippen LogP contribution in [0, 0.1) is 10.1 Å². The van der Waals surface area contributed by atoms with Gasteiger partial charge in [0.15, 0.2) is 0 Å². The fourth-order valence-corrected chi connectivity index (χ4v) is 1.55. The summed E-state index contributed by atoms with van der Waals surface area (Å²) in [5.41, 5.74) is 0.0668. The van der Waals surface area contributed by atoms with Gasteiger partial charge in [-0.25, -0.2) is 0 Å². The predicted molar refractivity (Wildman–Crippen MR) is 54.5 cm³/mol. The predicted octanol–water partition coefficient (Wildman–Crippen LogP) is 2.28. The number of hydrogen-bond donors (Lipinski definition) is 0. The Morgan fingerprint density at radius 3 is 2.43 bits per heavy atom. The first kappa shape index (κ1) is 10.7. The standard InChI is InChI=1S/C9H9NO3S/c1-7(11)6-14-9-4-2-8(3-5-9)10(12)13/h2-5H,6H2,1H3. The molecule has 5 heteroatoms. The highest BCUT2D eigenvalue weighted by Gasteiger charge is 2.04. The fraction of sp³-hybridized carbons (Fsp3) is 0.222. The molecular formula is C9H9NO3S. The second-order valence-electron chi connectivity index (χ2n) is 2.74. The molecule has 74 valence electrons. The Hall–Kier alpha value is -1.36. The van der Waals surface area contributed by atoms with Crippen LogP contribution in [0.3, 0.4) is 0 Å². The zero-order valence-corrected chi connectivity index (χ0v) is 8.41. The van der Waals surface area contributed by atoms with Crippen LogP contribution < -0.4 is 0 Å². The van der Waals surface area contributed by atoms with Crippen molar-refractivity contribution in [3.63, 3.8) is 0 Å². The van der Waals surface area contributed by atoms with Crippen molar-refractivity contribution in [2.75, 3.05) is 5.75 Å². The molecule has 0 saturated carbocycles. The molecule has 0 spiro atoms. The summed E-state index contributed by atoms with van der Waals surface area (Å²) in [6.07, 6.45) is 0. The van der Waals surface area contributed by atoms with Gasteiger partial charge in [-0.1, -0.05) is 0 Å². The first-order valence-corrected chi connectivity index (χ1v) is 4.95. The van der Waals surface area contributed by atoms with Crippen molar-refractivity contribution in [1.29, 1.82) is 0 Å². The number of ketones is 1. The van der Waals surface area contributed by atoms with Crippen molar-refractivity contribution in [2.45, 2.75) is 11.8 Å². The number of carbonyl (C=O) groups is 1. The lowest BCUT2D eigenvalue weighted by atomic mass is 10.3. The molecule has 0 aliphatic carbocycles. The number of Topliss-reactive ketones (excluding diaryl/α,β-unsaturated/α-hetero) is 1. The molecular weight excluding hydrogens is 202 g/mol. The molecule has 0 saturated heterocycles. The topological polar surface area (TPSA) is 60.2 Å². The van der Waals surface area contributed by atoms with E-state index in [1.54, 1.807) is 12.1 Å². The van der Waals surface area contributed by atoms with Crippen LogP contribution in [-0.2, 0) is 4.79 Å². The summed E-state index contributed by atoms with van der Waals surface area (Å²) in [6, 6.07) is 6.16. The van der Waals surface area contributed by atoms with Gasteiger partial charge in [-0.05, 0) is 19.1 Å². The Kier molecular flexibility index (Phi) is 3.64. The third-order valence-corrected chi connectivity index (χ3v) is 2.65. The van der Waals surface area contributed by atoms with Gasteiger partial charge in [0.25, 0.3) is 5.69 Å². The average molecular weight is 211 g/mol. The zero-order chi connectivity index (χ0) is 10.6. The smallest absolute Gasteiger partial charge is 0.269 e. The maximum absolute atomic E-state index is 10.7. The van der Waals surface area contributed by atoms with Gasteiger partial charge >= 0.3 is 0 Å². The molecule has 0 N–H and O–H groups in total. The molecule has 0 aliphatic heterocycles. The summed E-state index contributed by atoms with van der Waals surface area (Å²) in [5.74, 6) is 0.492. The fourth-order valence-electron chi connectivity index (χ4n) is 0.849. The number of hydrogen-bond acceptors (Lipinski definition) is 4. The maximum Gasteiger partial charge on any atom is 0.269 e. The van der Waals surface area contributed by atoms with Crippen LogP contribution in [0.1, 0.15) is 6.92 Å². The normalized spacial score (nSPS) is 9.79. The third-order valence-electron chi connectivity index (χ3n) is 1.49. The van der Waals surface area contributed by atoms with E-state index >= 15 is 0 Å². The lowest BCUT2D eigenvalue weighted by Gasteiger charge is -1.97. The highest BCUT2D eigenvalue weighted by Crippen LogP contribution is 2.20. The minimum atomic E-state index is -0.445. The number of nitro benzene ring substituents is 1. The Morgan fingerprint density at radius 1 is 1.43 bits per heavy atom. The van der Waals surface area contributed by atoms with Gasteiger partial charge in [0.05, 0.1) is 10.7 Å². The number of nitrogens with zero attached hydrogens (tertiary/aromatic N) is 1. The number of rotatable bonds is 4. The largest absolute Gasteiger partial charge is 0.299 e. The molecule has 0 atom stereocenters. The van der Waals surface area contributed by atoms with E-state index in [1.165, 1.54) is 30.8 Å². The maximum atomic E-state index is 10.7. The molecule has 0 heterocycles. The highest BCUT2D eigenvalue weighted by molar-refractivity contribution is 8.00. The zero-order valence-electron chi connectivity index (χ0n) is 7.60. The average Bonchev–Trinajstić information content (AvgIpc) is 2.15. The van der Waals surface area contributed by atoms with Gasteiger partial charge in [0, 0.05) is 17.0 Å². The SMILES string of the molecule is CC(=O)CSc1ccc([N+](=O)[O-])cc1. The molecule has 4 nitrogen and oxygen atoms in total. The summed E-state index contributed by atoms with van der Waals surface area (Å²) in [7, 11) is 0. The monoisotopic (exact) mass is 211 g/mol. The molecule has 0 amide bonds. The van der Waals surface area contributed by atoms with Gasteiger partial charge < -0.3 is 0 Å². The van der Waals surface area contributed by atoms with Gasteiger partial charge in [-0.15, -0.1) is 11.8 Å². The molecule has 0 fully saturated rings. The van der Waals surface area contributed by atoms with E-state index < -0.39 is 4.92 Å². The van der Waals surface area contributed by atoms with E-state index in [-0.39, 0.29) is 11.5 Å². The molecule has 1 aromatic rings. The minimum absolute atomic E-state index is 0.0668. The quantitative estimate of drug-likeness (QED) is 0.435. The Labute approximate surface area is 85.5 Å². The summed E-state index contributed by atoms with van der Waals surface area (Å²) < 4.78 is 0. The van der Waals surface area contributed by atoms with Crippen LogP contribution in [-0.4, -0.2) is 16.5 Å². The van der Waals surface area contributed by atoms with Gasteiger partial charge in [0.2, 0.25) is 0 Å². The Morgan fingerprint density at radius 2 is 2.00 bits per heavy atom. The molecule has 0 unspecified atom stereocenters. The van der Waals surface area contributed by atoms with E-state index in [1.807, 2.05) is 0 Å². The third kappa shape index (κ3) is 3.18. The van der Waals surface area contributed by atoms with Gasteiger partial charge in [-0.2, -0.15) is 0 Å². The van der Waals surface area contributed by atoms with Crippen LogP contribution in [0.4, 0.5) is 5.69 Å². The summed E-state index contributed by atoms with van der Waals surface area (Å²) in [6.45, 7) is 1.51. The molecule has 0 aromatic heterocycles. The highest BCUT2D eigenvalue weighted by atomic mass is 32.2. The van der Waals surface area contributed by atoms with Gasteiger partial charge in [0.1, 0.15) is 5.78 Å². The summed E-state index contributed by atoms with van der Waals surface area (Å²) in [4.78, 5) is 21.4. The van der Waals surface area contributed by atoms with E-state index in [9.17, 15) is 14.9 Å². The van der Waals surface area contributed by atoms with Crippen LogP contribution >= 0.6 is 11.8 Å². The Bertz CT molecular complexity index is 348.